The van der Waals surface area contributed by atoms with E-state index >= 15 is 0 Å². The molecule has 12 heavy (non-hydrogen) atoms. The first-order chi connectivity index (χ1) is 5.24. The fourth-order valence-electron chi connectivity index (χ4n) is 1.68. The third kappa shape index (κ3) is 2.99. The molecule has 1 saturated carbocycles. The van der Waals surface area contributed by atoms with Crippen molar-refractivity contribution in [3.05, 3.63) is 0 Å². The minimum Gasteiger partial charge on any atom is -0.369 e. The maximum absolute atomic E-state index is 10.7. The summed E-state index contributed by atoms with van der Waals surface area (Å²) in [7, 11) is 0. The highest BCUT2D eigenvalue weighted by molar-refractivity contribution is 5.85. The van der Waals surface area contributed by atoms with Crippen LogP contribution in [0.2, 0.25) is 0 Å². The summed E-state index contributed by atoms with van der Waals surface area (Å²) in [6, 6.07) is 0. The van der Waals surface area contributed by atoms with Gasteiger partial charge in [0.2, 0.25) is 5.91 Å². The van der Waals surface area contributed by atoms with E-state index < -0.39 is 0 Å². The van der Waals surface area contributed by atoms with Gasteiger partial charge in [-0.1, -0.05) is 0 Å². The summed E-state index contributed by atoms with van der Waals surface area (Å²) >= 11 is 0. The van der Waals surface area contributed by atoms with Gasteiger partial charge in [-0.25, -0.2) is 0 Å². The van der Waals surface area contributed by atoms with Crippen LogP contribution < -0.4 is 11.5 Å². The van der Waals surface area contributed by atoms with Gasteiger partial charge in [-0.05, 0) is 38.1 Å². The Morgan fingerprint density at radius 2 is 1.75 bits per heavy atom. The zero-order valence-electron chi connectivity index (χ0n) is 7.16. The van der Waals surface area contributed by atoms with Crippen LogP contribution in [0.3, 0.4) is 0 Å². The second-order valence-electron chi connectivity index (χ2n) is 3.36. The summed E-state index contributed by atoms with van der Waals surface area (Å²) in [5, 5.41) is 0. The van der Waals surface area contributed by atoms with Crippen molar-refractivity contribution in [2.45, 2.75) is 25.7 Å². The molecule has 0 aliphatic heterocycles. The molecular weight excluding hydrogens is 176 g/mol. The monoisotopic (exact) mass is 192 g/mol. The SMILES string of the molecule is Cl.NC[C@H]1CC[C@H](C(N)=O)CC1. The van der Waals surface area contributed by atoms with Gasteiger partial charge >= 0.3 is 0 Å². The van der Waals surface area contributed by atoms with Crippen molar-refractivity contribution >= 4 is 18.3 Å². The molecule has 0 heterocycles. The van der Waals surface area contributed by atoms with Crippen LogP contribution in [0.25, 0.3) is 0 Å². The third-order valence-corrected chi connectivity index (χ3v) is 2.58. The normalized spacial score (nSPS) is 29.1. The molecule has 0 saturated heterocycles. The summed E-state index contributed by atoms with van der Waals surface area (Å²) in [4.78, 5) is 10.7. The van der Waals surface area contributed by atoms with Gasteiger partial charge in [-0.3, -0.25) is 4.79 Å². The molecule has 1 aliphatic rings. The summed E-state index contributed by atoms with van der Waals surface area (Å²) in [6.45, 7) is 0.755. The molecular formula is C8H17ClN2O. The Morgan fingerprint density at radius 3 is 2.08 bits per heavy atom. The number of hydrogen-bond donors (Lipinski definition) is 2. The summed E-state index contributed by atoms with van der Waals surface area (Å²) < 4.78 is 0. The average Bonchev–Trinajstić information content (AvgIpc) is 2.05. The standard InChI is InChI=1S/C8H16N2O.ClH/c9-5-6-1-3-7(4-2-6)8(10)11;/h6-7H,1-5,9H2,(H2,10,11);1H/t6-,7-;. The van der Waals surface area contributed by atoms with Gasteiger partial charge in [0.1, 0.15) is 0 Å². The Hall–Kier alpha value is -0.280. The molecule has 1 fully saturated rings. The van der Waals surface area contributed by atoms with Crippen molar-refractivity contribution in [1.82, 2.24) is 0 Å². The van der Waals surface area contributed by atoms with E-state index in [1.54, 1.807) is 0 Å². The van der Waals surface area contributed by atoms with Crippen LogP contribution in [0.15, 0.2) is 0 Å². The van der Waals surface area contributed by atoms with Gasteiger partial charge in [0, 0.05) is 5.92 Å². The van der Waals surface area contributed by atoms with Gasteiger partial charge in [0.05, 0.1) is 0 Å². The van der Waals surface area contributed by atoms with Gasteiger partial charge in [-0.15, -0.1) is 12.4 Å². The minimum atomic E-state index is -0.138. The average molecular weight is 193 g/mol. The fourth-order valence-corrected chi connectivity index (χ4v) is 1.68. The molecule has 0 aromatic carbocycles. The van der Waals surface area contributed by atoms with E-state index in [9.17, 15) is 4.79 Å². The fraction of sp³-hybridized carbons (Fsp3) is 0.875. The number of amides is 1. The lowest BCUT2D eigenvalue weighted by molar-refractivity contribution is -0.122. The minimum absolute atomic E-state index is 0. The quantitative estimate of drug-likeness (QED) is 0.675. The predicted molar refractivity (Wildman–Crippen MR) is 50.9 cm³/mol. The highest BCUT2D eigenvalue weighted by atomic mass is 35.5. The number of halogens is 1. The molecule has 1 rings (SSSR count). The molecule has 0 spiro atoms. The molecule has 0 aromatic rings. The van der Waals surface area contributed by atoms with E-state index in [0.29, 0.717) is 5.92 Å². The summed E-state index contributed by atoms with van der Waals surface area (Å²) in [5.74, 6) is 0.615. The van der Waals surface area contributed by atoms with E-state index in [1.807, 2.05) is 0 Å². The number of carbonyl (C=O) groups excluding carboxylic acids is 1. The number of carbonyl (C=O) groups is 1. The molecule has 4 heteroatoms. The number of nitrogens with two attached hydrogens (primary N) is 2. The maximum atomic E-state index is 10.7. The molecule has 0 radical (unpaired) electrons. The Morgan fingerprint density at radius 1 is 1.25 bits per heavy atom. The van der Waals surface area contributed by atoms with E-state index in [2.05, 4.69) is 0 Å². The van der Waals surface area contributed by atoms with E-state index in [1.165, 1.54) is 0 Å². The lowest BCUT2D eigenvalue weighted by Gasteiger charge is -2.25. The van der Waals surface area contributed by atoms with Crippen LogP contribution >= 0.6 is 12.4 Å². The largest absolute Gasteiger partial charge is 0.369 e. The first kappa shape index (κ1) is 11.7. The predicted octanol–water partition coefficient (Wildman–Crippen LogP) is 0.659. The highest BCUT2D eigenvalue weighted by Gasteiger charge is 2.23. The van der Waals surface area contributed by atoms with Gasteiger partial charge in [-0.2, -0.15) is 0 Å². The Bertz CT molecular complexity index is 144. The zero-order chi connectivity index (χ0) is 8.27. The highest BCUT2D eigenvalue weighted by Crippen LogP contribution is 2.27. The van der Waals surface area contributed by atoms with Crippen molar-refractivity contribution in [3.63, 3.8) is 0 Å². The molecule has 4 N–H and O–H groups in total. The third-order valence-electron chi connectivity index (χ3n) is 2.58. The van der Waals surface area contributed by atoms with Gasteiger partial charge < -0.3 is 11.5 Å². The van der Waals surface area contributed by atoms with Crippen molar-refractivity contribution in [3.8, 4) is 0 Å². The van der Waals surface area contributed by atoms with Crippen LogP contribution in [0.5, 0.6) is 0 Å². The molecule has 1 amide bonds. The van der Waals surface area contributed by atoms with Crippen molar-refractivity contribution in [1.29, 1.82) is 0 Å². The first-order valence-corrected chi connectivity index (χ1v) is 4.23. The molecule has 0 bridgehead atoms. The Kier molecular flexibility index (Phi) is 5.25. The molecule has 3 nitrogen and oxygen atoms in total. The molecule has 0 aromatic heterocycles. The van der Waals surface area contributed by atoms with E-state index in [4.69, 9.17) is 11.5 Å². The van der Waals surface area contributed by atoms with Crippen LogP contribution in [0.4, 0.5) is 0 Å². The lowest BCUT2D eigenvalue weighted by Crippen LogP contribution is -2.29. The van der Waals surface area contributed by atoms with Gasteiger partial charge in [0.25, 0.3) is 0 Å². The summed E-state index contributed by atoms with van der Waals surface area (Å²) in [5.41, 5.74) is 10.7. The van der Waals surface area contributed by atoms with Crippen LogP contribution in [0.1, 0.15) is 25.7 Å². The van der Waals surface area contributed by atoms with Crippen LogP contribution in [-0.2, 0) is 4.79 Å². The van der Waals surface area contributed by atoms with Crippen LogP contribution in [-0.4, -0.2) is 12.5 Å². The molecule has 72 valence electrons. The topological polar surface area (TPSA) is 69.1 Å². The Balaban J connectivity index is 0.00000121. The van der Waals surface area contributed by atoms with Crippen LogP contribution in [0, 0.1) is 11.8 Å². The zero-order valence-corrected chi connectivity index (χ0v) is 7.98. The molecule has 0 atom stereocenters. The molecule has 0 unspecified atom stereocenters. The number of rotatable bonds is 2. The summed E-state index contributed by atoms with van der Waals surface area (Å²) in [6.07, 6.45) is 4.03. The Labute approximate surface area is 79.3 Å². The van der Waals surface area contributed by atoms with E-state index in [-0.39, 0.29) is 24.2 Å². The van der Waals surface area contributed by atoms with Gasteiger partial charge in [0.15, 0.2) is 0 Å². The maximum Gasteiger partial charge on any atom is 0.220 e. The second-order valence-corrected chi connectivity index (χ2v) is 3.36. The first-order valence-electron chi connectivity index (χ1n) is 4.23. The van der Waals surface area contributed by atoms with Crippen molar-refractivity contribution in [2.24, 2.45) is 23.3 Å². The smallest absolute Gasteiger partial charge is 0.220 e. The van der Waals surface area contributed by atoms with Crippen molar-refractivity contribution < 1.29 is 4.79 Å². The lowest BCUT2D eigenvalue weighted by atomic mass is 9.82. The molecule has 1 aliphatic carbocycles. The second kappa shape index (κ2) is 5.38. The number of hydrogen-bond acceptors (Lipinski definition) is 2. The van der Waals surface area contributed by atoms with E-state index in [0.717, 1.165) is 32.2 Å². The number of primary amides is 1. The van der Waals surface area contributed by atoms with Crippen molar-refractivity contribution in [2.75, 3.05) is 6.54 Å².